The summed E-state index contributed by atoms with van der Waals surface area (Å²) in [5.74, 6) is 0. The van der Waals surface area contributed by atoms with Gasteiger partial charge in [0.15, 0.2) is 5.65 Å². The third kappa shape index (κ3) is 1.72. The maximum Gasteiger partial charge on any atom is 0.155 e. The van der Waals surface area contributed by atoms with Crippen molar-refractivity contribution in [2.75, 3.05) is 0 Å². The first-order chi connectivity index (χ1) is 7.88. The normalized spacial score (nSPS) is 18.6. The Labute approximate surface area is 101 Å². The fraction of sp³-hybridized carbons (Fsp3) is 0.538. The summed E-state index contributed by atoms with van der Waals surface area (Å²) in [4.78, 5) is 4.44. The minimum atomic E-state index is -0.144. The monoisotopic (exact) mass is 230 g/mol. The van der Waals surface area contributed by atoms with E-state index in [0.29, 0.717) is 0 Å². The third-order valence-corrected chi connectivity index (χ3v) is 3.45. The highest BCUT2D eigenvalue weighted by Gasteiger charge is 2.40. The highest BCUT2D eigenvalue weighted by Crippen LogP contribution is 2.42. The largest absolute Gasteiger partial charge is 0.321 e. The van der Waals surface area contributed by atoms with Crippen molar-refractivity contribution in [1.82, 2.24) is 14.6 Å². The van der Waals surface area contributed by atoms with E-state index in [2.05, 4.69) is 30.9 Å². The van der Waals surface area contributed by atoms with Crippen molar-refractivity contribution < 1.29 is 0 Å². The zero-order valence-electron chi connectivity index (χ0n) is 10.6. The minimum Gasteiger partial charge on any atom is -0.321 e. The van der Waals surface area contributed by atoms with Crippen LogP contribution in [0.2, 0.25) is 0 Å². The van der Waals surface area contributed by atoms with Gasteiger partial charge in [-0.05, 0) is 12.8 Å². The van der Waals surface area contributed by atoms with Crippen LogP contribution in [0.4, 0.5) is 0 Å². The van der Waals surface area contributed by atoms with Gasteiger partial charge in [-0.3, -0.25) is 0 Å². The molecule has 0 spiro atoms. The van der Waals surface area contributed by atoms with Crippen molar-refractivity contribution in [2.24, 2.45) is 5.73 Å². The summed E-state index contributed by atoms with van der Waals surface area (Å²) < 4.78 is 1.85. The predicted molar refractivity (Wildman–Crippen MR) is 66.8 cm³/mol. The smallest absolute Gasteiger partial charge is 0.155 e. The minimum absolute atomic E-state index is 0.0495. The number of nitrogens with two attached hydrogens (primary N) is 1. The maximum atomic E-state index is 6.17. The molecule has 0 amide bonds. The van der Waals surface area contributed by atoms with Crippen molar-refractivity contribution >= 4 is 5.65 Å². The van der Waals surface area contributed by atoms with Gasteiger partial charge in [-0.15, -0.1) is 0 Å². The first-order valence-corrected chi connectivity index (χ1v) is 6.04. The van der Waals surface area contributed by atoms with Crippen molar-refractivity contribution in [3.8, 4) is 0 Å². The SMILES string of the molecule is CC(C)(C)c1cc2ncc(C3(N)CC3)cn2n1. The van der Waals surface area contributed by atoms with E-state index in [1.54, 1.807) is 0 Å². The van der Waals surface area contributed by atoms with Gasteiger partial charge in [0.25, 0.3) is 0 Å². The first-order valence-electron chi connectivity index (χ1n) is 6.04. The molecule has 1 saturated carbocycles. The number of rotatable bonds is 1. The summed E-state index contributed by atoms with van der Waals surface area (Å²) in [6.07, 6.45) is 6.00. The Morgan fingerprint density at radius 1 is 1.35 bits per heavy atom. The second-order valence-corrected chi connectivity index (χ2v) is 6.08. The predicted octanol–water partition coefficient (Wildman–Crippen LogP) is 1.97. The van der Waals surface area contributed by atoms with Crippen LogP contribution in [0.25, 0.3) is 5.65 Å². The molecular weight excluding hydrogens is 212 g/mol. The molecule has 0 atom stereocenters. The van der Waals surface area contributed by atoms with Crippen LogP contribution in [0.15, 0.2) is 18.5 Å². The Morgan fingerprint density at radius 3 is 2.65 bits per heavy atom. The van der Waals surface area contributed by atoms with Crippen LogP contribution in [0.1, 0.15) is 44.9 Å². The first kappa shape index (κ1) is 10.7. The molecule has 17 heavy (non-hydrogen) atoms. The molecule has 2 aromatic rings. The van der Waals surface area contributed by atoms with Crippen LogP contribution in [0.3, 0.4) is 0 Å². The van der Waals surface area contributed by atoms with Crippen molar-refractivity contribution in [3.05, 3.63) is 29.7 Å². The van der Waals surface area contributed by atoms with Gasteiger partial charge in [-0.25, -0.2) is 9.50 Å². The van der Waals surface area contributed by atoms with E-state index in [4.69, 9.17) is 5.73 Å². The molecule has 1 fully saturated rings. The lowest BCUT2D eigenvalue weighted by atomic mass is 9.93. The van der Waals surface area contributed by atoms with Crippen molar-refractivity contribution in [1.29, 1.82) is 0 Å². The molecule has 3 rings (SSSR count). The Bertz CT molecular complexity index is 569. The molecule has 0 aliphatic heterocycles. The van der Waals surface area contributed by atoms with Gasteiger partial charge in [0.05, 0.1) is 5.69 Å². The number of nitrogens with zero attached hydrogens (tertiary/aromatic N) is 3. The number of fused-ring (bicyclic) bond motifs is 1. The Kier molecular flexibility index (Phi) is 1.94. The van der Waals surface area contributed by atoms with E-state index in [9.17, 15) is 0 Å². The molecule has 0 bridgehead atoms. The summed E-state index contributed by atoms with van der Waals surface area (Å²) in [6, 6.07) is 2.04. The van der Waals surface area contributed by atoms with Crippen LogP contribution < -0.4 is 5.73 Å². The molecule has 0 unspecified atom stereocenters. The molecule has 4 nitrogen and oxygen atoms in total. The molecule has 90 valence electrons. The van der Waals surface area contributed by atoms with Gasteiger partial charge >= 0.3 is 0 Å². The van der Waals surface area contributed by atoms with Gasteiger partial charge in [-0.1, -0.05) is 20.8 Å². The summed E-state index contributed by atoms with van der Waals surface area (Å²) >= 11 is 0. The molecule has 1 aliphatic rings. The van der Waals surface area contributed by atoms with Crippen molar-refractivity contribution in [2.45, 2.75) is 44.6 Å². The molecule has 0 aromatic carbocycles. The van der Waals surface area contributed by atoms with Crippen LogP contribution in [-0.2, 0) is 11.0 Å². The highest BCUT2D eigenvalue weighted by molar-refractivity contribution is 5.42. The summed E-state index contributed by atoms with van der Waals surface area (Å²) in [7, 11) is 0. The van der Waals surface area contributed by atoms with Crippen LogP contribution in [0.5, 0.6) is 0 Å². The number of hydrogen-bond acceptors (Lipinski definition) is 3. The quantitative estimate of drug-likeness (QED) is 0.815. The van der Waals surface area contributed by atoms with Crippen molar-refractivity contribution in [3.63, 3.8) is 0 Å². The average molecular weight is 230 g/mol. The zero-order valence-corrected chi connectivity index (χ0v) is 10.6. The van der Waals surface area contributed by atoms with Gasteiger partial charge < -0.3 is 5.73 Å². The number of hydrogen-bond donors (Lipinski definition) is 1. The summed E-state index contributed by atoms with van der Waals surface area (Å²) in [6.45, 7) is 6.46. The molecule has 2 aromatic heterocycles. The lowest BCUT2D eigenvalue weighted by Gasteiger charge is -2.13. The Hall–Kier alpha value is -1.42. The topological polar surface area (TPSA) is 56.2 Å². The maximum absolute atomic E-state index is 6.17. The van der Waals surface area contributed by atoms with E-state index in [0.717, 1.165) is 29.7 Å². The number of aromatic nitrogens is 3. The summed E-state index contributed by atoms with van der Waals surface area (Å²) in [5.41, 5.74) is 9.12. The van der Waals surface area contributed by atoms with Crippen LogP contribution in [-0.4, -0.2) is 14.6 Å². The van der Waals surface area contributed by atoms with Crippen LogP contribution >= 0.6 is 0 Å². The molecule has 2 heterocycles. The Balaban J connectivity index is 2.11. The summed E-state index contributed by atoms with van der Waals surface area (Å²) in [5, 5.41) is 4.58. The van der Waals surface area contributed by atoms with Gasteiger partial charge in [0.1, 0.15) is 0 Å². The Morgan fingerprint density at radius 2 is 2.06 bits per heavy atom. The lowest BCUT2D eigenvalue weighted by molar-refractivity contribution is 0.562. The highest BCUT2D eigenvalue weighted by atomic mass is 15.3. The van der Waals surface area contributed by atoms with E-state index < -0.39 is 0 Å². The van der Waals surface area contributed by atoms with E-state index in [1.807, 2.05) is 23.0 Å². The molecular formula is C13H18N4. The fourth-order valence-electron chi connectivity index (χ4n) is 1.92. The lowest BCUT2D eigenvalue weighted by Crippen LogP contribution is -2.19. The fourth-order valence-corrected chi connectivity index (χ4v) is 1.92. The van der Waals surface area contributed by atoms with Gasteiger partial charge in [0.2, 0.25) is 0 Å². The molecule has 4 heteroatoms. The standard InChI is InChI=1S/C13H18N4/c1-12(2,3)10-6-11-15-7-9(8-17(11)16-10)13(14)4-5-13/h6-8H,4-5,14H2,1-3H3. The van der Waals surface area contributed by atoms with Gasteiger partial charge in [-0.2, -0.15) is 5.10 Å². The van der Waals surface area contributed by atoms with Gasteiger partial charge in [0, 0.05) is 35.0 Å². The van der Waals surface area contributed by atoms with E-state index in [1.165, 1.54) is 0 Å². The zero-order chi connectivity index (χ0) is 12.3. The second-order valence-electron chi connectivity index (χ2n) is 6.08. The third-order valence-electron chi connectivity index (χ3n) is 3.45. The molecule has 0 saturated heterocycles. The molecule has 2 N–H and O–H groups in total. The van der Waals surface area contributed by atoms with E-state index in [-0.39, 0.29) is 11.0 Å². The van der Waals surface area contributed by atoms with E-state index >= 15 is 0 Å². The second kappa shape index (κ2) is 3.07. The molecule has 1 aliphatic carbocycles. The van der Waals surface area contributed by atoms with Crippen LogP contribution in [0, 0.1) is 0 Å². The molecule has 0 radical (unpaired) electrons. The average Bonchev–Trinajstić information content (AvgIpc) is 2.85.